The van der Waals surface area contributed by atoms with Crippen molar-refractivity contribution in [2.45, 2.75) is 25.8 Å². The van der Waals surface area contributed by atoms with Crippen LogP contribution in [0, 0.1) is 0 Å². The molecule has 0 unspecified atom stereocenters. The molecule has 3 nitrogen and oxygen atoms in total. The van der Waals surface area contributed by atoms with E-state index in [1.807, 2.05) is 6.92 Å². The summed E-state index contributed by atoms with van der Waals surface area (Å²) in [7, 11) is 1.39. The Morgan fingerprint density at radius 1 is 1.80 bits per heavy atom. The van der Waals surface area contributed by atoms with Gasteiger partial charge in [-0.3, -0.25) is 4.99 Å². The van der Waals surface area contributed by atoms with E-state index in [2.05, 4.69) is 9.73 Å². The molecule has 0 N–H and O–H groups in total. The Labute approximate surface area is 60.1 Å². The van der Waals surface area contributed by atoms with Gasteiger partial charge in [0.15, 0.2) is 0 Å². The molecule has 1 aliphatic heterocycles. The van der Waals surface area contributed by atoms with Crippen molar-refractivity contribution in [2.75, 3.05) is 7.11 Å². The molecular weight excluding hydrogens is 130 g/mol. The fourth-order valence-electron chi connectivity index (χ4n) is 1.05. The van der Waals surface area contributed by atoms with Crippen LogP contribution in [0.15, 0.2) is 4.99 Å². The molecule has 0 saturated carbocycles. The van der Waals surface area contributed by atoms with E-state index in [9.17, 15) is 4.79 Å². The molecule has 0 aliphatic carbocycles. The average Bonchev–Trinajstić information content (AvgIpc) is 2.34. The second kappa shape index (κ2) is 2.82. The van der Waals surface area contributed by atoms with Gasteiger partial charge in [-0.25, -0.2) is 4.79 Å². The minimum absolute atomic E-state index is 0.211. The van der Waals surface area contributed by atoms with Crippen LogP contribution in [0.3, 0.4) is 0 Å². The predicted octanol–water partition coefficient (Wildman–Crippen LogP) is 0.783. The topological polar surface area (TPSA) is 38.7 Å². The molecule has 0 saturated heterocycles. The zero-order chi connectivity index (χ0) is 7.56. The largest absolute Gasteiger partial charge is 0.467 e. The van der Waals surface area contributed by atoms with Gasteiger partial charge in [-0.2, -0.15) is 0 Å². The first-order chi connectivity index (χ1) is 4.74. The number of hydrogen-bond acceptors (Lipinski definition) is 3. The second-order valence-electron chi connectivity index (χ2n) is 2.44. The first-order valence-electron chi connectivity index (χ1n) is 3.35. The van der Waals surface area contributed by atoms with Crippen molar-refractivity contribution in [3.05, 3.63) is 0 Å². The van der Waals surface area contributed by atoms with Gasteiger partial charge in [0, 0.05) is 5.71 Å². The van der Waals surface area contributed by atoms with Gasteiger partial charge < -0.3 is 4.74 Å². The highest BCUT2D eigenvalue weighted by Gasteiger charge is 2.22. The summed E-state index contributed by atoms with van der Waals surface area (Å²) in [6, 6.07) is -0.218. The van der Waals surface area contributed by atoms with E-state index >= 15 is 0 Å². The maximum atomic E-state index is 10.8. The van der Waals surface area contributed by atoms with Crippen LogP contribution in [-0.4, -0.2) is 24.8 Å². The summed E-state index contributed by atoms with van der Waals surface area (Å²) in [6.07, 6.45) is 1.75. The predicted molar refractivity (Wildman–Crippen MR) is 38.1 cm³/mol. The Balaban J connectivity index is 2.52. The Morgan fingerprint density at radius 2 is 2.50 bits per heavy atom. The molecule has 10 heavy (non-hydrogen) atoms. The Kier molecular flexibility index (Phi) is 2.04. The van der Waals surface area contributed by atoms with Crippen molar-refractivity contribution in [3.63, 3.8) is 0 Å². The Morgan fingerprint density at radius 3 is 2.90 bits per heavy atom. The van der Waals surface area contributed by atoms with Gasteiger partial charge in [-0.1, -0.05) is 0 Å². The Bertz CT molecular complexity index is 174. The van der Waals surface area contributed by atoms with Crippen LogP contribution in [0.1, 0.15) is 19.8 Å². The van der Waals surface area contributed by atoms with E-state index in [1.54, 1.807) is 0 Å². The van der Waals surface area contributed by atoms with Crippen LogP contribution >= 0.6 is 0 Å². The standard InChI is InChI=1S/C7H11NO2/c1-5-3-4-6(8-5)7(9)10-2/h6H,3-4H2,1-2H3/t6-/m1/s1. The zero-order valence-corrected chi connectivity index (χ0v) is 6.26. The number of methoxy groups -OCH3 is 1. The lowest BCUT2D eigenvalue weighted by atomic mass is 10.2. The zero-order valence-electron chi connectivity index (χ0n) is 6.26. The van der Waals surface area contributed by atoms with E-state index in [4.69, 9.17) is 0 Å². The molecule has 1 aliphatic rings. The molecule has 0 bridgehead atoms. The van der Waals surface area contributed by atoms with Gasteiger partial charge in [0.2, 0.25) is 0 Å². The van der Waals surface area contributed by atoms with Crippen LogP contribution in [-0.2, 0) is 9.53 Å². The number of rotatable bonds is 1. The normalized spacial score (nSPS) is 24.2. The molecule has 0 fully saturated rings. The lowest BCUT2D eigenvalue weighted by Crippen LogP contribution is -2.16. The molecule has 1 rings (SSSR count). The summed E-state index contributed by atoms with van der Waals surface area (Å²) < 4.78 is 4.54. The number of carbonyl (C=O) groups excluding carboxylic acids is 1. The van der Waals surface area contributed by atoms with Crippen molar-refractivity contribution in [3.8, 4) is 0 Å². The minimum Gasteiger partial charge on any atom is -0.467 e. The van der Waals surface area contributed by atoms with E-state index in [1.165, 1.54) is 7.11 Å². The first-order valence-corrected chi connectivity index (χ1v) is 3.35. The molecule has 0 spiro atoms. The van der Waals surface area contributed by atoms with Gasteiger partial charge in [0.1, 0.15) is 6.04 Å². The van der Waals surface area contributed by atoms with Crippen molar-refractivity contribution >= 4 is 11.7 Å². The Hall–Kier alpha value is -0.860. The lowest BCUT2D eigenvalue weighted by Gasteiger charge is -2.01. The minimum atomic E-state index is -0.218. The van der Waals surface area contributed by atoms with Gasteiger partial charge in [0.05, 0.1) is 7.11 Å². The molecule has 56 valence electrons. The van der Waals surface area contributed by atoms with E-state index in [-0.39, 0.29) is 12.0 Å². The third-order valence-electron chi connectivity index (χ3n) is 1.63. The monoisotopic (exact) mass is 141 g/mol. The molecule has 0 aromatic rings. The lowest BCUT2D eigenvalue weighted by molar-refractivity contribution is -0.141. The SMILES string of the molecule is COC(=O)[C@H]1CCC(C)=N1. The quantitative estimate of drug-likeness (QED) is 0.506. The maximum Gasteiger partial charge on any atom is 0.330 e. The van der Waals surface area contributed by atoms with E-state index in [0.717, 1.165) is 18.6 Å². The summed E-state index contributed by atoms with van der Waals surface area (Å²) in [5, 5.41) is 0. The van der Waals surface area contributed by atoms with Crippen LogP contribution in [0.2, 0.25) is 0 Å². The molecule has 3 heteroatoms. The van der Waals surface area contributed by atoms with Crippen molar-refractivity contribution in [1.29, 1.82) is 0 Å². The van der Waals surface area contributed by atoms with Gasteiger partial charge in [-0.15, -0.1) is 0 Å². The van der Waals surface area contributed by atoms with E-state index in [0.29, 0.717) is 0 Å². The highest BCUT2D eigenvalue weighted by atomic mass is 16.5. The van der Waals surface area contributed by atoms with Crippen LogP contribution in [0.25, 0.3) is 0 Å². The highest BCUT2D eigenvalue weighted by Crippen LogP contribution is 2.13. The summed E-state index contributed by atoms with van der Waals surface area (Å²) in [4.78, 5) is 14.9. The number of esters is 1. The van der Waals surface area contributed by atoms with Crippen molar-refractivity contribution in [2.24, 2.45) is 4.99 Å². The number of nitrogens with zero attached hydrogens (tertiary/aromatic N) is 1. The summed E-state index contributed by atoms with van der Waals surface area (Å²) in [6.45, 7) is 1.93. The number of carbonyl (C=O) groups is 1. The maximum absolute atomic E-state index is 10.8. The van der Waals surface area contributed by atoms with Crippen LogP contribution in [0.5, 0.6) is 0 Å². The van der Waals surface area contributed by atoms with Crippen molar-refractivity contribution < 1.29 is 9.53 Å². The van der Waals surface area contributed by atoms with Crippen LogP contribution in [0.4, 0.5) is 0 Å². The summed E-state index contributed by atoms with van der Waals surface area (Å²) in [5.74, 6) is -0.211. The number of hydrogen-bond donors (Lipinski definition) is 0. The molecule has 0 amide bonds. The highest BCUT2D eigenvalue weighted by molar-refractivity contribution is 5.89. The molecular formula is C7H11NO2. The number of aliphatic imine (C=N–C) groups is 1. The number of ether oxygens (including phenoxy) is 1. The second-order valence-corrected chi connectivity index (χ2v) is 2.44. The van der Waals surface area contributed by atoms with Gasteiger partial charge in [0.25, 0.3) is 0 Å². The third-order valence-corrected chi connectivity index (χ3v) is 1.63. The first kappa shape index (κ1) is 7.25. The third kappa shape index (κ3) is 1.35. The fourth-order valence-corrected chi connectivity index (χ4v) is 1.05. The fraction of sp³-hybridized carbons (Fsp3) is 0.714. The molecule has 1 heterocycles. The summed E-state index contributed by atoms with van der Waals surface area (Å²) in [5.41, 5.74) is 1.05. The molecule has 0 aromatic carbocycles. The molecule has 0 aromatic heterocycles. The molecule has 1 atom stereocenters. The molecule has 0 radical (unpaired) electrons. The summed E-state index contributed by atoms with van der Waals surface area (Å²) >= 11 is 0. The van der Waals surface area contributed by atoms with Gasteiger partial charge in [-0.05, 0) is 19.8 Å². The van der Waals surface area contributed by atoms with E-state index < -0.39 is 0 Å². The van der Waals surface area contributed by atoms with Crippen LogP contribution < -0.4 is 0 Å². The van der Waals surface area contributed by atoms with Gasteiger partial charge >= 0.3 is 5.97 Å². The smallest absolute Gasteiger partial charge is 0.330 e. The average molecular weight is 141 g/mol. The van der Waals surface area contributed by atoms with Crippen molar-refractivity contribution in [1.82, 2.24) is 0 Å².